The van der Waals surface area contributed by atoms with E-state index < -0.39 is 0 Å². The van der Waals surface area contributed by atoms with E-state index in [1.54, 1.807) is 0 Å². The summed E-state index contributed by atoms with van der Waals surface area (Å²) >= 11 is 0. The molecule has 0 saturated carbocycles. The van der Waals surface area contributed by atoms with Crippen molar-refractivity contribution in [3.63, 3.8) is 0 Å². The predicted octanol–water partition coefficient (Wildman–Crippen LogP) is 3.92. The van der Waals surface area contributed by atoms with Crippen molar-refractivity contribution in [2.24, 2.45) is 0 Å². The van der Waals surface area contributed by atoms with Crippen LogP contribution in [0.4, 0.5) is 11.6 Å². The fourth-order valence-corrected chi connectivity index (χ4v) is 2.64. The van der Waals surface area contributed by atoms with Gasteiger partial charge in [0.25, 0.3) is 0 Å². The van der Waals surface area contributed by atoms with Crippen molar-refractivity contribution in [1.29, 1.82) is 0 Å². The lowest BCUT2D eigenvalue weighted by molar-refractivity contribution is -0.107. The summed E-state index contributed by atoms with van der Waals surface area (Å²) in [6, 6.07) is 12.2. The fourth-order valence-electron chi connectivity index (χ4n) is 2.64. The highest BCUT2D eigenvalue weighted by Gasteiger charge is 2.09. The lowest BCUT2D eigenvalue weighted by atomic mass is 10.0. The molecule has 0 fully saturated rings. The maximum Gasteiger partial charge on any atom is 0.205 e. The Hall–Kier alpha value is -2.62. The van der Waals surface area contributed by atoms with E-state index in [0.717, 1.165) is 46.5 Å². The molecular weight excluding hydrogens is 274 g/mol. The van der Waals surface area contributed by atoms with Crippen molar-refractivity contribution in [3.05, 3.63) is 53.1 Å². The Balaban J connectivity index is 2.02. The number of anilines is 2. The smallest absolute Gasteiger partial charge is 0.205 e. The molecule has 3 aromatic rings. The van der Waals surface area contributed by atoms with E-state index in [1.807, 2.05) is 24.3 Å². The Bertz CT molecular complexity index is 820. The number of aromatic amines is 1. The summed E-state index contributed by atoms with van der Waals surface area (Å²) in [6.07, 6.45) is 2.25. The van der Waals surface area contributed by atoms with Crippen LogP contribution in [0.25, 0.3) is 11.0 Å². The van der Waals surface area contributed by atoms with E-state index in [2.05, 4.69) is 41.3 Å². The third-order valence-corrected chi connectivity index (χ3v) is 3.82. The number of para-hydroxylation sites is 1. The van der Waals surface area contributed by atoms with Gasteiger partial charge in [-0.3, -0.25) is 0 Å². The molecule has 0 spiro atoms. The van der Waals surface area contributed by atoms with Gasteiger partial charge in [0.2, 0.25) is 5.95 Å². The number of aromatic nitrogens is 2. The van der Waals surface area contributed by atoms with Crippen molar-refractivity contribution in [3.8, 4) is 0 Å². The Morgan fingerprint density at radius 3 is 2.82 bits per heavy atom. The van der Waals surface area contributed by atoms with E-state index in [9.17, 15) is 4.79 Å². The predicted molar refractivity (Wildman–Crippen MR) is 89.7 cm³/mol. The van der Waals surface area contributed by atoms with Crippen LogP contribution in [0.1, 0.15) is 23.6 Å². The molecule has 0 aliphatic heterocycles. The molecule has 4 nitrogen and oxygen atoms in total. The van der Waals surface area contributed by atoms with Crippen LogP contribution < -0.4 is 5.32 Å². The molecule has 0 saturated heterocycles. The van der Waals surface area contributed by atoms with Crippen LogP contribution in [-0.4, -0.2) is 16.3 Å². The molecule has 0 amide bonds. The number of rotatable bonds is 5. The van der Waals surface area contributed by atoms with Gasteiger partial charge in [-0.15, -0.1) is 0 Å². The summed E-state index contributed by atoms with van der Waals surface area (Å²) < 4.78 is 0. The van der Waals surface area contributed by atoms with Crippen LogP contribution >= 0.6 is 0 Å². The number of H-pyrrole nitrogens is 1. The van der Waals surface area contributed by atoms with E-state index >= 15 is 0 Å². The number of nitrogens with zero attached hydrogens (tertiary/aromatic N) is 1. The van der Waals surface area contributed by atoms with Crippen LogP contribution in [-0.2, 0) is 17.6 Å². The summed E-state index contributed by atoms with van der Waals surface area (Å²) in [5, 5.41) is 3.33. The van der Waals surface area contributed by atoms with Gasteiger partial charge in [-0.25, -0.2) is 4.98 Å². The summed E-state index contributed by atoms with van der Waals surface area (Å²) in [5.41, 5.74) is 6.31. The number of hydrogen-bond donors (Lipinski definition) is 2. The molecule has 0 aliphatic carbocycles. The number of carbonyl (C=O) groups excluding carboxylic acids is 1. The van der Waals surface area contributed by atoms with Crippen molar-refractivity contribution in [2.45, 2.75) is 26.7 Å². The quantitative estimate of drug-likeness (QED) is 0.701. The number of imidazole rings is 1. The molecule has 3 rings (SSSR count). The molecule has 22 heavy (non-hydrogen) atoms. The Morgan fingerprint density at radius 2 is 2.09 bits per heavy atom. The van der Waals surface area contributed by atoms with Crippen molar-refractivity contribution in [2.75, 3.05) is 5.32 Å². The molecule has 2 aromatic carbocycles. The number of aryl methyl sites for hydroxylation is 2. The topological polar surface area (TPSA) is 57.8 Å². The maximum absolute atomic E-state index is 10.8. The first-order chi connectivity index (χ1) is 10.7. The molecule has 0 unspecified atom stereocenters. The van der Waals surface area contributed by atoms with Gasteiger partial charge >= 0.3 is 0 Å². The molecule has 0 atom stereocenters. The van der Waals surface area contributed by atoms with E-state index in [4.69, 9.17) is 0 Å². The highest BCUT2D eigenvalue weighted by molar-refractivity contribution is 5.83. The van der Waals surface area contributed by atoms with Crippen LogP contribution in [0.15, 0.2) is 36.4 Å². The van der Waals surface area contributed by atoms with Gasteiger partial charge < -0.3 is 15.1 Å². The lowest BCUT2D eigenvalue weighted by Crippen LogP contribution is -1.94. The minimum absolute atomic E-state index is 0.433. The highest BCUT2D eigenvalue weighted by Crippen LogP contribution is 2.24. The summed E-state index contributed by atoms with van der Waals surface area (Å²) in [5.74, 6) is 0.724. The van der Waals surface area contributed by atoms with Gasteiger partial charge in [-0.05, 0) is 42.2 Å². The largest absolute Gasteiger partial charge is 0.326 e. The minimum atomic E-state index is 0.433. The zero-order valence-corrected chi connectivity index (χ0v) is 12.8. The van der Waals surface area contributed by atoms with Gasteiger partial charge in [0.05, 0.1) is 11.0 Å². The summed E-state index contributed by atoms with van der Waals surface area (Å²) in [4.78, 5) is 18.7. The number of fused-ring (bicyclic) bond motifs is 1. The number of nitrogens with one attached hydrogen (secondary N) is 2. The molecule has 0 aliphatic rings. The summed E-state index contributed by atoms with van der Waals surface area (Å²) in [6.45, 7) is 4.16. The first kappa shape index (κ1) is 14.3. The number of carbonyl (C=O) groups is 1. The Morgan fingerprint density at radius 1 is 1.27 bits per heavy atom. The zero-order chi connectivity index (χ0) is 15.5. The van der Waals surface area contributed by atoms with E-state index in [1.165, 1.54) is 5.56 Å². The van der Waals surface area contributed by atoms with Crippen LogP contribution in [0, 0.1) is 6.92 Å². The first-order valence-corrected chi connectivity index (χ1v) is 7.49. The maximum atomic E-state index is 10.8. The van der Waals surface area contributed by atoms with Crippen molar-refractivity contribution in [1.82, 2.24) is 9.97 Å². The third-order valence-electron chi connectivity index (χ3n) is 3.82. The molecule has 1 aromatic heterocycles. The average Bonchev–Trinajstić information content (AvgIpc) is 2.91. The molecule has 112 valence electrons. The van der Waals surface area contributed by atoms with Gasteiger partial charge in [-0.2, -0.15) is 0 Å². The van der Waals surface area contributed by atoms with E-state index in [0.29, 0.717) is 6.42 Å². The van der Waals surface area contributed by atoms with E-state index in [-0.39, 0.29) is 0 Å². The second-order valence-corrected chi connectivity index (χ2v) is 5.40. The molecule has 4 heteroatoms. The van der Waals surface area contributed by atoms with Gasteiger partial charge in [0.1, 0.15) is 6.29 Å². The zero-order valence-electron chi connectivity index (χ0n) is 12.8. The Kier molecular flexibility index (Phi) is 3.92. The monoisotopic (exact) mass is 293 g/mol. The van der Waals surface area contributed by atoms with Crippen molar-refractivity contribution >= 4 is 29.0 Å². The Labute approximate surface area is 129 Å². The molecule has 2 N–H and O–H groups in total. The van der Waals surface area contributed by atoms with Crippen LogP contribution in [0.3, 0.4) is 0 Å². The molecule has 0 radical (unpaired) electrons. The molecule has 1 heterocycles. The third kappa shape index (κ3) is 2.72. The fraction of sp³-hybridized carbons (Fsp3) is 0.222. The van der Waals surface area contributed by atoms with Gasteiger partial charge in [0, 0.05) is 12.1 Å². The molecule has 0 bridgehead atoms. The standard InChI is InChI=1S/C18H19N3O/c1-3-14-10-13(8-9-22)11-16-17(14)21-18(20-16)19-15-7-5-4-6-12(15)2/h4-7,9-11H,3,8H2,1-2H3,(H2,19,20,21). The lowest BCUT2D eigenvalue weighted by Gasteiger charge is -2.05. The van der Waals surface area contributed by atoms with Crippen LogP contribution in [0.5, 0.6) is 0 Å². The normalized spacial score (nSPS) is 10.8. The SMILES string of the molecule is CCc1cc(CC=O)cc2[nH]c(Nc3ccccc3C)nc12. The average molecular weight is 293 g/mol. The molecular formula is C18H19N3O. The second kappa shape index (κ2) is 6.02. The van der Waals surface area contributed by atoms with Crippen molar-refractivity contribution < 1.29 is 4.79 Å². The van der Waals surface area contributed by atoms with Gasteiger partial charge in [-0.1, -0.05) is 31.2 Å². The minimum Gasteiger partial charge on any atom is -0.326 e. The second-order valence-electron chi connectivity index (χ2n) is 5.40. The first-order valence-electron chi connectivity index (χ1n) is 7.49. The number of aldehydes is 1. The van der Waals surface area contributed by atoms with Gasteiger partial charge in [0.15, 0.2) is 0 Å². The van der Waals surface area contributed by atoms with Crippen LogP contribution in [0.2, 0.25) is 0 Å². The number of hydrogen-bond acceptors (Lipinski definition) is 3. The summed E-state index contributed by atoms with van der Waals surface area (Å²) in [7, 11) is 0. The highest BCUT2D eigenvalue weighted by atomic mass is 16.1. The number of benzene rings is 2.